The van der Waals surface area contributed by atoms with Crippen LogP contribution in [0.1, 0.15) is 40.9 Å². The van der Waals surface area contributed by atoms with E-state index >= 15 is 0 Å². The monoisotopic (exact) mass is 300 g/mol. The van der Waals surface area contributed by atoms with Crippen LogP contribution in [0.3, 0.4) is 0 Å². The van der Waals surface area contributed by atoms with Crippen molar-refractivity contribution in [1.82, 2.24) is 0 Å². The Labute approximate surface area is 129 Å². The van der Waals surface area contributed by atoms with Crippen molar-refractivity contribution in [2.45, 2.75) is 26.2 Å². The molecule has 1 heterocycles. The van der Waals surface area contributed by atoms with Gasteiger partial charge in [0.15, 0.2) is 5.78 Å². The van der Waals surface area contributed by atoms with Gasteiger partial charge in [-0.05, 0) is 42.8 Å². The fraction of sp³-hybridized carbons (Fsp3) is 0.278. The van der Waals surface area contributed by atoms with Gasteiger partial charge in [-0.15, -0.1) is 0 Å². The number of rotatable bonds is 2. The van der Waals surface area contributed by atoms with Crippen molar-refractivity contribution in [3.8, 4) is 5.75 Å². The molecule has 0 saturated carbocycles. The lowest BCUT2D eigenvalue weighted by Crippen LogP contribution is -2.18. The quantitative estimate of drug-likeness (QED) is 0.761. The number of halogens is 1. The summed E-state index contributed by atoms with van der Waals surface area (Å²) in [6.45, 7) is 6.83. The Morgan fingerprint density at radius 3 is 2.67 bits per heavy atom. The number of carbonyl (C=O) groups is 1. The first kappa shape index (κ1) is 14.2. The van der Waals surface area contributed by atoms with Crippen molar-refractivity contribution in [2.75, 3.05) is 6.61 Å². The Bertz CT molecular complexity index is 732. The zero-order chi connectivity index (χ0) is 15.2. The second-order valence-corrected chi connectivity index (χ2v) is 6.60. The highest BCUT2D eigenvalue weighted by atomic mass is 35.5. The van der Waals surface area contributed by atoms with Gasteiger partial charge in [0.1, 0.15) is 5.75 Å². The second-order valence-electron chi connectivity index (χ2n) is 6.20. The van der Waals surface area contributed by atoms with Crippen molar-refractivity contribution in [3.63, 3.8) is 0 Å². The van der Waals surface area contributed by atoms with Crippen LogP contribution in [0.4, 0.5) is 0 Å². The lowest BCUT2D eigenvalue weighted by Gasteiger charge is -2.15. The van der Waals surface area contributed by atoms with E-state index in [2.05, 4.69) is 13.8 Å². The molecule has 0 aliphatic carbocycles. The molecule has 0 radical (unpaired) electrons. The molecule has 3 heteroatoms. The number of ether oxygens (including phenoxy) is 1. The molecule has 21 heavy (non-hydrogen) atoms. The lowest BCUT2D eigenvalue weighted by molar-refractivity contribution is 0.103. The number of benzene rings is 2. The third kappa shape index (κ3) is 2.44. The summed E-state index contributed by atoms with van der Waals surface area (Å²) in [6.07, 6.45) is 0. The first-order chi connectivity index (χ1) is 9.88. The van der Waals surface area contributed by atoms with Crippen molar-refractivity contribution in [2.24, 2.45) is 0 Å². The fourth-order valence-corrected chi connectivity index (χ4v) is 2.94. The van der Waals surface area contributed by atoms with Crippen LogP contribution in [0.25, 0.3) is 0 Å². The van der Waals surface area contributed by atoms with Gasteiger partial charge in [-0.3, -0.25) is 4.79 Å². The van der Waals surface area contributed by atoms with Crippen LogP contribution in [0.5, 0.6) is 5.75 Å². The molecule has 0 atom stereocenters. The molecule has 108 valence electrons. The van der Waals surface area contributed by atoms with Gasteiger partial charge in [0.05, 0.1) is 11.6 Å². The van der Waals surface area contributed by atoms with Crippen molar-refractivity contribution < 1.29 is 9.53 Å². The Hall–Kier alpha value is -1.80. The Morgan fingerprint density at radius 2 is 1.95 bits per heavy atom. The van der Waals surface area contributed by atoms with Crippen LogP contribution in [-0.2, 0) is 5.41 Å². The fourth-order valence-electron chi connectivity index (χ4n) is 2.62. The topological polar surface area (TPSA) is 26.3 Å². The molecule has 0 saturated heterocycles. The summed E-state index contributed by atoms with van der Waals surface area (Å²) >= 11 is 6.20. The third-order valence-electron chi connectivity index (χ3n) is 3.93. The maximum absolute atomic E-state index is 12.7. The van der Waals surface area contributed by atoms with E-state index in [9.17, 15) is 4.79 Å². The van der Waals surface area contributed by atoms with Crippen LogP contribution in [0.15, 0.2) is 36.4 Å². The Balaban J connectivity index is 2.03. The van der Waals surface area contributed by atoms with E-state index in [1.54, 1.807) is 12.1 Å². The minimum Gasteiger partial charge on any atom is -0.492 e. The SMILES string of the molecule is Cc1ccc(C(=O)c2ccc3c(c2)C(C)(C)CO3)c(Cl)c1. The average Bonchev–Trinajstić information content (AvgIpc) is 2.74. The largest absolute Gasteiger partial charge is 0.492 e. The molecule has 3 rings (SSSR count). The number of carbonyl (C=O) groups excluding carboxylic acids is 1. The zero-order valence-electron chi connectivity index (χ0n) is 12.4. The maximum Gasteiger partial charge on any atom is 0.194 e. The molecule has 0 fully saturated rings. The summed E-state index contributed by atoms with van der Waals surface area (Å²) in [5.41, 5.74) is 3.25. The summed E-state index contributed by atoms with van der Waals surface area (Å²) < 4.78 is 5.66. The molecule has 0 N–H and O–H groups in total. The molecular weight excluding hydrogens is 284 g/mol. The highest BCUT2D eigenvalue weighted by Crippen LogP contribution is 2.39. The molecule has 0 aromatic heterocycles. The molecule has 0 bridgehead atoms. The molecular formula is C18H17ClO2. The second kappa shape index (κ2) is 4.88. The zero-order valence-corrected chi connectivity index (χ0v) is 13.1. The predicted octanol–water partition coefficient (Wildman–Crippen LogP) is 4.55. The van der Waals surface area contributed by atoms with Gasteiger partial charge < -0.3 is 4.74 Å². The molecule has 2 nitrogen and oxygen atoms in total. The smallest absolute Gasteiger partial charge is 0.194 e. The first-order valence-electron chi connectivity index (χ1n) is 6.97. The van der Waals surface area contributed by atoms with E-state index in [0.717, 1.165) is 16.9 Å². The molecule has 0 unspecified atom stereocenters. The van der Waals surface area contributed by atoms with Gasteiger partial charge in [0.2, 0.25) is 0 Å². The molecule has 2 aromatic carbocycles. The van der Waals surface area contributed by atoms with Crippen LogP contribution in [0.2, 0.25) is 5.02 Å². The van der Waals surface area contributed by atoms with Gasteiger partial charge in [-0.25, -0.2) is 0 Å². The number of fused-ring (bicyclic) bond motifs is 1. The van der Waals surface area contributed by atoms with E-state index in [4.69, 9.17) is 16.3 Å². The van der Waals surface area contributed by atoms with Gasteiger partial charge in [0, 0.05) is 22.1 Å². The van der Waals surface area contributed by atoms with Crippen LogP contribution >= 0.6 is 11.6 Å². The molecule has 1 aliphatic heterocycles. The van der Waals surface area contributed by atoms with E-state index < -0.39 is 0 Å². The van der Waals surface area contributed by atoms with Gasteiger partial charge >= 0.3 is 0 Å². The normalized spacial score (nSPS) is 15.4. The summed E-state index contributed by atoms with van der Waals surface area (Å²) in [7, 11) is 0. The Morgan fingerprint density at radius 1 is 1.19 bits per heavy atom. The summed E-state index contributed by atoms with van der Waals surface area (Å²) in [6, 6.07) is 11.1. The minimum atomic E-state index is -0.0668. The number of ketones is 1. The molecule has 0 spiro atoms. The average molecular weight is 301 g/mol. The third-order valence-corrected chi connectivity index (χ3v) is 4.24. The molecule has 1 aliphatic rings. The van der Waals surface area contributed by atoms with Crippen molar-refractivity contribution >= 4 is 17.4 Å². The number of hydrogen-bond acceptors (Lipinski definition) is 2. The summed E-state index contributed by atoms with van der Waals surface area (Å²) in [5.74, 6) is 0.817. The summed E-state index contributed by atoms with van der Waals surface area (Å²) in [4.78, 5) is 12.7. The molecule has 2 aromatic rings. The van der Waals surface area contributed by atoms with E-state index in [1.807, 2.05) is 31.2 Å². The summed E-state index contributed by atoms with van der Waals surface area (Å²) in [5, 5.41) is 0.496. The Kier molecular flexibility index (Phi) is 3.29. The van der Waals surface area contributed by atoms with E-state index in [-0.39, 0.29) is 11.2 Å². The predicted molar refractivity (Wildman–Crippen MR) is 84.6 cm³/mol. The van der Waals surface area contributed by atoms with Crippen molar-refractivity contribution in [3.05, 3.63) is 63.7 Å². The van der Waals surface area contributed by atoms with Gasteiger partial charge in [0.25, 0.3) is 0 Å². The highest BCUT2D eigenvalue weighted by molar-refractivity contribution is 6.35. The van der Waals surface area contributed by atoms with E-state index in [1.165, 1.54) is 0 Å². The number of aryl methyl sites for hydroxylation is 1. The van der Waals surface area contributed by atoms with Crippen LogP contribution in [-0.4, -0.2) is 12.4 Å². The first-order valence-corrected chi connectivity index (χ1v) is 7.34. The minimum absolute atomic E-state index is 0.0505. The maximum atomic E-state index is 12.7. The van der Waals surface area contributed by atoms with E-state index in [0.29, 0.717) is 22.8 Å². The highest BCUT2D eigenvalue weighted by Gasteiger charge is 2.32. The standard InChI is InChI=1S/C18H17ClO2/c1-11-4-6-13(15(19)8-11)17(20)12-5-7-16-14(9-12)18(2,3)10-21-16/h4-9H,10H2,1-3H3. The molecule has 0 amide bonds. The van der Waals surface area contributed by atoms with Crippen LogP contribution in [0, 0.1) is 6.92 Å². The van der Waals surface area contributed by atoms with Gasteiger partial charge in [-0.2, -0.15) is 0 Å². The van der Waals surface area contributed by atoms with Crippen LogP contribution < -0.4 is 4.74 Å². The van der Waals surface area contributed by atoms with Crippen molar-refractivity contribution in [1.29, 1.82) is 0 Å². The lowest BCUT2D eigenvalue weighted by atomic mass is 9.85. The van der Waals surface area contributed by atoms with Gasteiger partial charge in [-0.1, -0.05) is 31.5 Å². The number of hydrogen-bond donors (Lipinski definition) is 0.